The molecule has 4 heteroatoms. The van der Waals surface area contributed by atoms with E-state index < -0.39 is 0 Å². The molecular weight excluding hydrogens is 254 g/mol. The molecule has 0 amide bonds. The van der Waals surface area contributed by atoms with E-state index in [0.717, 1.165) is 17.7 Å². The first-order valence-corrected chi connectivity index (χ1v) is 5.71. The monoisotopic (exact) mass is 267 g/mol. The van der Waals surface area contributed by atoms with Crippen molar-refractivity contribution < 1.29 is 0 Å². The first-order chi connectivity index (χ1) is 7.16. The number of halogens is 1. The highest BCUT2D eigenvalue weighted by atomic mass is 79.9. The SMILES string of the molecule is CN(C)CCn1ccc2cc(Br)ncc21. The minimum atomic E-state index is 0.889. The molecule has 0 aromatic carbocycles. The molecule has 0 N–H and O–H groups in total. The molecule has 0 spiro atoms. The summed E-state index contributed by atoms with van der Waals surface area (Å²) in [7, 11) is 4.17. The van der Waals surface area contributed by atoms with E-state index in [1.54, 1.807) is 0 Å². The Morgan fingerprint density at radius 1 is 1.47 bits per heavy atom. The molecule has 0 saturated carbocycles. The Hall–Kier alpha value is -0.870. The van der Waals surface area contributed by atoms with E-state index in [-0.39, 0.29) is 0 Å². The van der Waals surface area contributed by atoms with E-state index >= 15 is 0 Å². The largest absolute Gasteiger partial charge is 0.345 e. The molecule has 2 heterocycles. The maximum Gasteiger partial charge on any atom is 0.106 e. The zero-order chi connectivity index (χ0) is 10.8. The highest BCUT2D eigenvalue weighted by molar-refractivity contribution is 9.10. The fraction of sp³-hybridized carbons (Fsp3) is 0.364. The van der Waals surface area contributed by atoms with E-state index in [0.29, 0.717) is 0 Å². The minimum Gasteiger partial charge on any atom is -0.345 e. The zero-order valence-electron chi connectivity index (χ0n) is 8.94. The Morgan fingerprint density at radius 3 is 3.00 bits per heavy atom. The maximum absolute atomic E-state index is 4.25. The molecule has 0 unspecified atom stereocenters. The van der Waals surface area contributed by atoms with Gasteiger partial charge in [-0.2, -0.15) is 0 Å². The lowest BCUT2D eigenvalue weighted by molar-refractivity contribution is 0.387. The summed E-state index contributed by atoms with van der Waals surface area (Å²) in [5, 5.41) is 1.23. The Labute approximate surface area is 97.8 Å². The molecule has 0 aliphatic rings. The van der Waals surface area contributed by atoms with Crippen molar-refractivity contribution in [1.29, 1.82) is 0 Å². The summed E-state index contributed by atoms with van der Waals surface area (Å²) in [6.45, 7) is 2.04. The summed E-state index contributed by atoms with van der Waals surface area (Å²) < 4.78 is 3.12. The minimum absolute atomic E-state index is 0.889. The maximum atomic E-state index is 4.25. The van der Waals surface area contributed by atoms with Crippen LogP contribution in [0.15, 0.2) is 29.1 Å². The molecule has 2 aromatic rings. The van der Waals surface area contributed by atoms with E-state index in [1.165, 1.54) is 10.9 Å². The molecule has 15 heavy (non-hydrogen) atoms. The molecule has 2 rings (SSSR count). The smallest absolute Gasteiger partial charge is 0.106 e. The molecule has 0 atom stereocenters. The van der Waals surface area contributed by atoms with Crippen LogP contribution in [0.25, 0.3) is 10.9 Å². The van der Waals surface area contributed by atoms with E-state index in [4.69, 9.17) is 0 Å². The van der Waals surface area contributed by atoms with Crippen LogP contribution in [0, 0.1) is 0 Å². The molecule has 3 nitrogen and oxygen atoms in total. The van der Waals surface area contributed by atoms with Gasteiger partial charge in [0.15, 0.2) is 0 Å². The molecule has 0 radical (unpaired) electrons. The fourth-order valence-electron chi connectivity index (χ4n) is 1.56. The van der Waals surface area contributed by atoms with Crippen molar-refractivity contribution in [2.75, 3.05) is 20.6 Å². The summed E-state index contributed by atoms with van der Waals surface area (Å²) in [5.41, 5.74) is 1.19. The lowest BCUT2D eigenvalue weighted by Gasteiger charge is -2.10. The van der Waals surface area contributed by atoms with Gasteiger partial charge in [0.1, 0.15) is 4.60 Å². The second-order valence-corrected chi connectivity index (χ2v) is 4.69. The van der Waals surface area contributed by atoms with Crippen LogP contribution >= 0.6 is 15.9 Å². The van der Waals surface area contributed by atoms with Gasteiger partial charge in [0.25, 0.3) is 0 Å². The highest BCUT2D eigenvalue weighted by Gasteiger charge is 2.02. The quantitative estimate of drug-likeness (QED) is 0.797. The van der Waals surface area contributed by atoms with Gasteiger partial charge in [-0.15, -0.1) is 0 Å². The van der Waals surface area contributed by atoms with Gasteiger partial charge in [0.2, 0.25) is 0 Å². The van der Waals surface area contributed by atoms with Crippen LogP contribution in [0.2, 0.25) is 0 Å². The Bertz CT molecular complexity index is 462. The number of hydrogen-bond donors (Lipinski definition) is 0. The van der Waals surface area contributed by atoms with Crippen LogP contribution in [-0.4, -0.2) is 35.1 Å². The average molecular weight is 268 g/mol. The zero-order valence-corrected chi connectivity index (χ0v) is 10.5. The molecule has 0 bridgehead atoms. The number of fused-ring (bicyclic) bond motifs is 1. The number of rotatable bonds is 3. The van der Waals surface area contributed by atoms with Gasteiger partial charge in [0.05, 0.1) is 11.7 Å². The number of pyridine rings is 1. The molecule has 0 aliphatic carbocycles. The number of likely N-dealkylation sites (N-methyl/N-ethyl adjacent to an activating group) is 1. The van der Waals surface area contributed by atoms with E-state index in [9.17, 15) is 0 Å². The molecule has 0 aliphatic heterocycles. The van der Waals surface area contributed by atoms with Crippen molar-refractivity contribution in [1.82, 2.24) is 14.5 Å². The third-order valence-corrected chi connectivity index (χ3v) is 2.85. The highest BCUT2D eigenvalue weighted by Crippen LogP contribution is 2.18. The summed E-state index contributed by atoms with van der Waals surface area (Å²) in [6, 6.07) is 4.17. The van der Waals surface area contributed by atoms with Crippen molar-refractivity contribution in [3.63, 3.8) is 0 Å². The first-order valence-electron chi connectivity index (χ1n) is 4.92. The van der Waals surface area contributed by atoms with Gasteiger partial charge in [0, 0.05) is 24.7 Å². The molecule has 80 valence electrons. The second-order valence-electron chi connectivity index (χ2n) is 3.88. The predicted molar refractivity (Wildman–Crippen MR) is 66.0 cm³/mol. The summed E-state index contributed by atoms with van der Waals surface area (Å²) in [5.74, 6) is 0. The van der Waals surface area contributed by atoms with Gasteiger partial charge >= 0.3 is 0 Å². The van der Waals surface area contributed by atoms with E-state index in [1.807, 2.05) is 12.3 Å². The third kappa shape index (κ3) is 2.38. The fourth-order valence-corrected chi connectivity index (χ4v) is 1.91. The lowest BCUT2D eigenvalue weighted by atomic mass is 10.3. The summed E-state index contributed by atoms with van der Waals surface area (Å²) >= 11 is 3.38. The summed E-state index contributed by atoms with van der Waals surface area (Å²) in [6.07, 6.45) is 4.03. The number of hydrogen-bond acceptors (Lipinski definition) is 2. The number of aromatic nitrogens is 2. The number of nitrogens with zero attached hydrogens (tertiary/aromatic N) is 3. The van der Waals surface area contributed by atoms with Crippen molar-refractivity contribution in [3.8, 4) is 0 Å². The predicted octanol–water partition coefficient (Wildman–Crippen LogP) is 2.36. The van der Waals surface area contributed by atoms with Crippen LogP contribution in [0.3, 0.4) is 0 Å². The van der Waals surface area contributed by atoms with Crippen LogP contribution < -0.4 is 0 Å². The van der Waals surface area contributed by atoms with Gasteiger partial charge < -0.3 is 9.47 Å². The van der Waals surface area contributed by atoms with Crippen LogP contribution in [0.5, 0.6) is 0 Å². The Morgan fingerprint density at radius 2 is 2.27 bits per heavy atom. The average Bonchev–Trinajstić information content (AvgIpc) is 2.57. The molecular formula is C11H14BrN3. The van der Waals surface area contributed by atoms with Crippen molar-refractivity contribution in [2.45, 2.75) is 6.54 Å². The van der Waals surface area contributed by atoms with Crippen molar-refractivity contribution in [3.05, 3.63) is 29.1 Å². The normalized spacial score (nSPS) is 11.5. The Kier molecular flexibility index (Phi) is 3.07. The van der Waals surface area contributed by atoms with Crippen LogP contribution in [-0.2, 0) is 6.54 Å². The van der Waals surface area contributed by atoms with Crippen molar-refractivity contribution >= 4 is 26.8 Å². The molecule has 0 fully saturated rings. The first kappa shape index (κ1) is 10.6. The Balaban J connectivity index is 2.29. The standard InChI is InChI=1S/C11H14BrN3/c1-14(2)5-6-15-4-3-9-7-11(12)13-8-10(9)15/h3-4,7-8H,5-6H2,1-2H3. The van der Waals surface area contributed by atoms with Gasteiger partial charge in [-0.25, -0.2) is 4.98 Å². The van der Waals surface area contributed by atoms with Crippen LogP contribution in [0.4, 0.5) is 0 Å². The molecule has 2 aromatic heterocycles. The lowest BCUT2D eigenvalue weighted by Crippen LogP contribution is -2.17. The third-order valence-electron chi connectivity index (χ3n) is 2.41. The van der Waals surface area contributed by atoms with E-state index in [2.05, 4.69) is 56.7 Å². The molecule has 0 saturated heterocycles. The van der Waals surface area contributed by atoms with Gasteiger partial charge in [-0.1, -0.05) is 0 Å². The van der Waals surface area contributed by atoms with Gasteiger partial charge in [-0.05, 0) is 42.2 Å². The van der Waals surface area contributed by atoms with Crippen molar-refractivity contribution in [2.24, 2.45) is 0 Å². The van der Waals surface area contributed by atoms with Gasteiger partial charge in [-0.3, -0.25) is 0 Å². The summed E-state index contributed by atoms with van der Waals surface area (Å²) in [4.78, 5) is 6.43. The second kappa shape index (κ2) is 4.33. The van der Waals surface area contributed by atoms with Crippen LogP contribution in [0.1, 0.15) is 0 Å². The topological polar surface area (TPSA) is 21.1 Å².